The van der Waals surface area contributed by atoms with Crippen molar-refractivity contribution >= 4 is 18.0 Å². The van der Waals surface area contributed by atoms with Crippen LogP contribution in [0.15, 0.2) is 164 Å². The Bertz CT molecular complexity index is 2500. The van der Waals surface area contributed by atoms with Crippen LogP contribution in [0.2, 0.25) is 0 Å². The Morgan fingerprint density at radius 1 is 0.515 bits per heavy atom. The van der Waals surface area contributed by atoms with E-state index in [2.05, 4.69) is 10.6 Å². The Labute approximate surface area is 393 Å². The fourth-order valence-electron chi connectivity index (χ4n) is 7.27. The summed E-state index contributed by atoms with van der Waals surface area (Å²) < 4.78 is 35.0. The maximum absolute atomic E-state index is 14.5. The average Bonchev–Trinajstić information content (AvgIpc) is 3.37. The van der Waals surface area contributed by atoms with Crippen LogP contribution in [0, 0.1) is 0 Å². The van der Waals surface area contributed by atoms with Crippen LogP contribution >= 0.6 is 0 Å². The SMILES string of the molecule is O=C(N[C@@H](Cc1ccc(O[C@@H]2O[C@H](CO)[C@@H](O)[C@H](O)[C@H]2O)cc1)C(=O)N[C@@H](Cc1ccc(OCc2ccccc2)c(OCc2ccccc2)c1)C(=O)OCc1ccccc1)OCc1ccccc1. The molecule has 1 fully saturated rings. The number of hydrogen-bond acceptors (Lipinski definition) is 13. The highest BCUT2D eigenvalue weighted by atomic mass is 16.7. The molecule has 6 aromatic rings. The summed E-state index contributed by atoms with van der Waals surface area (Å²) >= 11 is 0. The Kier molecular flexibility index (Phi) is 17.5. The Hall–Kier alpha value is -7.27. The topological polar surface area (TPSA) is 212 Å². The van der Waals surface area contributed by atoms with Gasteiger partial charge in [-0.05, 0) is 57.6 Å². The molecule has 7 rings (SSSR count). The van der Waals surface area contributed by atoms with Crippen molar-refractivity contribution in [3.8, 4) is 17.2 Å². The van der Waals surface area contributed by atoms with Crippen LogP contribution in [0.4, 0.5) is 4.79 Å². The molecule has 6 N–H and O–H groups in total. The van der Waals surface area contributed by atoms with E-state index in [4.69, 9.17) is 28.4 Å². The summed E-state index contributed by atoms with van der Waals surface area (Å²) in [4.78, 5) is 41.8. The lowest BCUT2D eigenvalue weighted by Crippen LogP contribution is -2.60. The number of aliphatic hydroxyl groups excluding tert-OH is 4. The molecule has 0 radical (unpaired) electrons. The molecule has 0 aliphatic carbocycles. The molecule has 6 aromatic carbocycles. The first kappa shape index (κ1) is 48.7. The highest BCUT2D eigenvalue weighted by Crippen LogP contribution is 2.31. The van der Waals surface area contributed by atoms with Gasteiger partial charge in [-0.25, -0.2) is 9.59 Å². The predicted octanol–water partition coefficient (Wildman–Crippen LogP) is 5.33. The van der Waals surface area contributed by atoms with Crippen LogP contribution in [0.25, 0.3) is 0 Å². The molecule has 7 atom stereocenters. The number of benzene rings is 6. The minimum atomic E-state index is -1.63. The Morgan fingerprint density at radius 2 is 1.01 bits per heavy atom. The normalized spacial score (nSPS) is 18.6. The van der Waals surface area contributed by atoms with E-state index >= 15 is 0 Å². The molecule has 1 saturated heterocycles. The molecular weight excluding hydrogens is 873 g/mol. The van der Waals surface area contributed by atoms with Gasteiger partial charge in [0.15, 0.2) is 11.5 Å². The molecule has 1 aliphatic rings. The van der Waals surface area contributed by atoms with Gasteiger partial charge in [0.1, 0.15) is 68.7 Å². The van der Waals surface area contributed by atoms with Crippen LogP contribution in [0.3, 0.4) is 0 Å². The lowest BCUT2D eigenvalue weighted by molar-refractivity contribution is -0.277. The smallest absolute Gasteiger partial charge is 0.408 e. The van der Waals surface area contributed by atoms with Gasteiger partial charge in [-0.2, -0.15) is 0 Å². The van der Waals surface area contributed by atoms with Gasteiger partial charge in [-0.1, -0.05) is 140 Å². The first-order chi connectivity index (χ1) is 33.1. The molecule has 354 valence electrons. The number of nitrogens with one attached hydrogen (secondary N) is 2. The zero-order valence-electron chi connectivity index (χ0n) is 37.0. The second-order valence-electron chi connectivity index (χ2n) is 16.1. The third kappa shape index (κ3) is 14.1. The lowest BCUT2D eigenvalue weighted by Gasteiger charge is -2.39. The maximum atomic E-state index is 14.5. The van der Waals surface area contributed by atoms with Crippen LogP contribution in [-0.4, -0.2) is 87.8 Å². The molecule has 1 heterocycles. The molecule has 1 aliphatic heterocycles. The molecule has 0 bridgehead atoms. The molecular formula is C53H54N2O13. The minimum absolute atomic E-state index is 0.0326. The van der Waals surface area contributed by atoms with E-state index in [0.717, 1.165) is 22.3 Å². The molecule has 0 saturated carbocycles. The third-order valence-corrected chi connectivity index (χ3v) is 11.0. The van der Waals surface area contributed by atoms with Gasteiger partial charge in [-0.3, -0.25) is 4.79 Å². The highest BCUT2D eigenvalue weighted by molar-refractivity contribution is 5.90. The van der Waals surface area contributed by atoms with Crippen molar-refractivity contribution in [1.82, 2.24) is 10.6 Å². The summed E-state index contributed by atoms with van der Waals surface area (Å²) in [6.07, 6.45) is -8.40. The fourth-order valence-corrected chi connectivity index (χ4v) is 7.27. The van der Waals surface area contributed by atoms with E-state index in [1.807, 2.05) is 97.1 Å². The maximum Gasteiger partial charge on any atom is 0.408 e. The quantitative estimate of drug-likeness (QED) is 0.0505. The van der Waals surface area contributed by atoms with Crippen molar-refractivity contribution in [1.29, 1.82) is 0 Å². The van der Waals surface area contributed by atoms with Crippen molar-refractivity contribution < 1.29 is 63.2 Å². The number of aliphatic hydroxyl groups is 4. The minimum Gasteiger partial charge on any atom is -0.485 e. The summed E-state index contributed by atoms with van der Waals surface area (Å²) in [6, 6.07) is 46.5. The fraction of sp³-hybridized carbons (Fsp3) is 0.264. The lowest BCUT2D eigenvalue weighted by atomic mass is 9.99. The van der Waals surface area contributed by atoms with Gasteiger partial charge < -0.3 is 59.5 Å². The summed E-state index contributed by atoms with van der Waals surface area (Å²) in [7, 11) is 0. The second-order valence-corrected chi connectivity index (χ2v) is 16.1. The zero-order chi connectivity index (χ0) is 47.7. The number of carbonyl (C=O) groups is 3. The first-order valence-corrected chi connectivity index (χ1v) is 22.1. The predicted molar refractivity (Wildman–Crippen MR) is 248 cm³/mol. The van der Waals surface area contributed by atoms with E-state index in [-0.39, 0.29) is 45.0 Å². The van der Waals surface area contributed by atoms with E-state index in [1.54, 1.807) is 54.6 Å². The van der Waals surface area contributed by atoms with Crippen molar-refractivity contribution in [2.45, 2.75) is 82.1 Å². The monoisotopic (exact) mass is 926 g/mol. The number of carbonyl (C=O) groups excluding carboxylic acids is 3. The van der Waals surface area contributed by atoms with Gasteiger partial charge >= 0.3 is 12.1 Å². The van der Waals surface area contributed by atoms with E-state index in [9.17, 15) is 34.8 Å². The van der Waals surface area contributed by atoms with Gasteiger partial charge in [0.25, 0.3) is 0 Å². The highest BCUT2D eigenvalue weighted by Gasteiger charge is 2.44. The number of amides is 2. The first-order valence-electron chi connectivity index (χ1n) is 22.1. The number of rotatable bonds is 21. The van der Waals surface area contributed by atoms with Crippen molar-refractivity contribution in [3.05, 3.63) is 197 Å². The summed E-state index contributed by atoms with van der Waals surface area (Å²) in [6.45, 7) is -0.240. The number of ether oxygens (including phenoxy) is 6. The Balaban J connectivity index is 1.12. The van der Waals surface area contributed by atoms with Gasteiger partial charge in [0.2, 0.25) is 12.2 Å². The van der Waals surface area contributed by atoms with E-state index < -0.39 is 67.4 Å². The second kappa shape index (κ2) is 24.5. The van der Waals surface area contributed by atoms with Gasteiger partial charge in [-0.15, -0.1) is 0 Å². The number of esters is 1. The van der Waals surface area contributed by atoms with Gasteiger partial charge in [0, 0.05) is 12.8 Å². The summed E-state index contributed by atoms with van der Waals surface area (Å²) in [5, 5.41) is 46.0. The van der Waals surface area contributed by atoms with Crippen LogP contribution < -0.4 is 24.8 Å². The van der Waals surface area contributed by atoms with Crippen LogP contribution in [0.1, 0.15) is 33.4 Å². The molecule has 15 heteroatoms. The van der Waals surface area contributed by atoms with E-state index in [1.165, 1.54) is 12.1 Å². The zero-order valence-corrected chi connectivity index (χ0v) is 37.0. The van der Waals surface area contributed by atoms with Crippen molar-refractivity contribution in [2.24, 2.45) is 0 Å². The molecule has 2 amide bonds. The summed E-state index contributed by atoms with van der Waals surface area (Å²) in [5.41, 5.74) is 4.51. The standard InChI is InChI=1S/C53H54N2O13/c56-30-46-47(57)48(58)49(59)52(68-46)67-41-24-21-35(22-25-41)27-42(55-53(62)66-34-39-19-11-4-12-20-39)50(60)54-43(51(61)65-33-38-17-9-3-10-18-38)28-40-23-26-44(63-31-36-13-5-1-6-14-36)45(29-40)64-32-37-15-7-2-8-16-37/h1-26,29,42-43,46-49,52,56-59H,27-28,30-34H2,(H,54,60)(H,55,62)/t42-,43-,46+,47+,48-,49+,52+/m0/s1. The Morgan fingerprint density at radius 3 is 1.57 bits per heavy atom. The molecule has 15 nitrogen and oxygen atoms in total. The van der Waals surface area contributed by atoms with Gasteiger partial charge in [0.05, 0.1) is 6.61 Å². The molecule has 0 spiro atoms. The molecule has 0 aromatic heterocycles. The van der Waals surface area contributed by atoms with Crippen LogP contribution in [0.5, 0.6) is 17.2 Å². The number of alkyl carbamates (subject to hydrolysis) is 1. The van der Waals surface area contributed by atoms with Crippen molar-refractivity contribution in [3.63, 3.8) is 0 Å². The van der Waals surface area contributed by atoms with Crippen LogP contribution in [-0.2, 0) is 63.1 Å². The molecule has 68 heavy (non-hydrogen) atoms. The average molecular weight is 927 g/mol. The third-order valence-electron chi connectivity index (χ3n) is 11.0. The number of hydrogen-bond donors (Lipinski definition) is 6. The van der Waals surface area contributed by atoms with E-state index in [0.29, 0.717) is 22.6 Å². The molecule has 0 unspecified atom stereocenters. The van der Waals surface area contributed by atoms with Crippen molar-refractivity contribution in [2.75, 3.05) is 6.61 Å². The summed E-state index contributed by atoms with van der Waals surface area (Å²) in [5.74, 6) is -0.348. The largest absolute Gasteiger partial charge is 0.485 e.